The lowest BCUT2D eigenvalue weighted by Gasteiger charge is -2.23. The van der Waals surface area contributed by atoms with Gasteiger partial charge in [0, 0.05) is 15.1 Å². The molecule has 1 amide bonds. The molecular weight excluding hydrogens is 536 g/mol. The summed E-state index contributed by atoms with van der Waals surface area (Å²) in [5.74, 6) is -1.73. The van der Waals surface area contributed by atoms with Crippen LogP contribution >= 0.6 is 38.9 Å². The Bertz CT molecular complexity index is 1490. The van der Waals surface area contributed by atoms with Gasteiger partial charge in [-0.1, -0.05) is 57.1 Å². The molecule has 5 rings (SSSR count). The second-order valence-corrected chi connectivity index (χ2v) is 10.5. The minimum Gasteiger partial charge on any atom is -0.507 e. The van der Waals surface area contributed by atoms with E-state index in [9.17, 15) is 14.7 Å². The summed E-state index contributed by atoms with van der Waals surface area (Å²) in [5.41, 5.74) is 3.98. The van der Waals surface area contributed by atoms with Gasteiger partial charge in [-0.2, -0.15) is 0 Å². The molecule has 1 aromatic heterocycles. The molecule has 34 heavy (non-hydrogen) atoms. The van der Waals surface area contributed by atoms with Crippen molar-refractivity contribution in [3.63, 3.8) is 0 Å². The lowest BCUT2D eigenvalue weighted by atomic mass is 9.95. The van der Waals surface area contributed by atoms with Gasteiger partial charge in [0.15, 0.2) is 5.13 Å². The van der Waals surface area contributed by atoms with Crippen LogP contribution in [-0.2, 0) is 9.59 Å². The fraction of sp³-hybridized carbons (Fsp3) is 0.115. The first-order valence-electron chi connectivity index (χ1n) is 10.4. The number of fused-ring (bicyclic) bond motifs is 1. The quantitative estimate of drug-likeness (QED) is 0.169. The number of thiazole rings is 1. The normalized spacial score (nSPS) is 17.6. The number of rotatable bonds is 3. The van der Waals surface area contributed by atoms with Crippen LogP contribution in [0.3, 0.4) is 0 Å². The molecule has 2 heterocycles. The van der Waals surface area contributed by atoms with Crippen LogP contribution in [0.1, 0.15) is 28.3 Å². The van der Waals surface area contributed by atoms with Crippen LogP contribution < -0.4 is 4.90 Å². The van der Waals surface area contributed by atoms with Gasteiger partial charge in [-0.25, -0.2) is 4.98 Å². The first kappa shape index (κ1) is 22.8. The number of hydrogen-bond donors (Lipinski definition) is 1. The number of benzene rings is 3. The van der Waals surface area contributed by atoms with Crippen molar-refractivity contribution in [3.05, 3.63) is 98.0 Å². The second kappa shape index (κ2) is 8.65. The number of Topliss-reactive ketones (excluding diaryl/α,β-unsaturated/α-hetero) is 1. The summed E-state index contributed by atoms with van der Waals surface area (Å²) in [6.07, 6.45) is 0. The number of anilines is 1. The van der Waals surface area contributed by atoms with Crippen LogP contribution in [0.4, 0.5) is 5.13 Å². The third-order valence-electron chi connectivity index (χ3n) is 5.77. The summed E-state index contributed by atoms with van der Waals surface area (Å²) in [4.78, 5) is 32.8. The van der Waals surface area contributed by atoms with Gasteiger partial charge < -0.3 is 5.11 Å². The van der Waals surface area contributed by atoms with E-state index in [0.717, 1.165) is 25.8 Å². The number of carbonyl (C=O) groups excluding carboxylic acids is 2. The minimum atomic E-state index is -0.828. The van der Waals surface area contributed by atoms with Crippen molar-refractivity contribution in [2.75, 3.05) is 4.90 Å². The average molecular weight is 554 g/mol. The Hall–Kier alpha value is -3.00. The predicted octanol–water partition coefficient (Wildman–Crippen LogP) is 6.96. The van der Waals surface area contributed by atoms with E-state index in [4.69, 9.17) is 16.6 Å². The zero-order valence-corrected chi connectivity index (χ0v) is 21.3. The van der Waals surface area contributed by atoms with Gasteiger partial charge in [0.25, 0.3) is 5.78 Å². The maximum absolute atomic E-state index is 13.4. The first-order valence-corrected chi connectivity index (χ1v) is 12.4. The second-order valence-electron chi connectivity index (χ2n) is 8.15. The summed E-state index contributed by atoms with van der Waals surface area (Å²) in [5, 5.41) is 12.1. The number of nitrogens with zero attached hydrogens (tertiary/aromatic N) is 2. The number of halogens is 2. The molecule has 0 radical (unpaired) electrons. The van der Waals surface area contributed by atoms with Gasteiger partial charge in [0.1, 0.15) is 5.76 Å². The minimum absolute atomic E-state index is 0.0156. The number of aryl methyl sites for hydroxylation is 2. The number of ketones is 1. The molecule has 1 atom stereocenters. The van der Waals surface area contributed by atoms with Crippen molar-refractivity contribution in [2.45, 2.75) is 19.9 Å². The molecular formula is C26H18BrClN2O3S. The highest BCUT2D eigenvalue weighted by molar-refractivity contribution is 9.10. The van der Waals surface area contributed by atoms with Crippen molar-refractivity contribution in [2.24, 2.45) is 0 Å². The van der Waals surface area contributed by atoms with Crippen LogP contribution in [0.25, 0.3) is 16.0 Å². The smallest absolute Gasteiger partial charge is 0.301 e. The average Bonchev–Trinajstić information content (AvgIpc) is 3.33. The van der Waals surface area contributed by atoms with E-state index in [1.807, 2.05) is 50.2 Å². The number of hydrogen-bond acceptors (Lipinski definition) is 5. The molecule has 1 aliphatic heterocycles. The Morgan fingerprint density at radius 2 is 1.74 bits per heavy atom. The summed E-state index contributed by atoms with van der Waals surface area (Å²) >= 11 is 10.8. The van der Waals surface area contributed by atoms with Gasteiger partial charge in [-0.3, -0.25) is 14.5 Å². The molecule has 3 aromatic carbocycles. The topological polar surface area (TPSA) is 70.5 Å². The number of carbonyl (C=O) groups is 2. The van der Waals surface area contributed by atoms with E-state index in [2.05, 4.69) is 15.9 Å². The zero-order valence-electron chi connectivity index (χ0n) is 18.2. The van der Waals surface area contributed by atoms with Crippen LogP contribution in [0.15, 0.2) is 70.7 Å². The van der Waals surface area contributed by atoms with Crippen LogP contribution in [0, 0.1) is 13.8 Å². The fourth-order valence-electron chi connectivity index (χ4n) is 4.22. The van der Waals surface area contributed by atoms with Crippen molar-refractivity contribution >= 4 is 71.7 Å². The summed E-state index contributed by atoms with van der Waals surface area (Å²) in [6.45, 7) is 3.98. The van der Waals surface area contributed by atoms with Crippen molar-refractivity contribution < 1.29 is 14.7 Å². The highest BCUT2D eigenvalue weighted by Crippen LogP contribution is 2.45. The number of aromatic nitrogens is 1. The van der Waals surface area contributed by atoms with E-state index in [1.54, 1.807) is 24.3 Å². The molecule has 0 saturated carbocycles. The number of aliphatic hydroxyl groups is 1. The predicted molar refractivity (Wildman–Crippen MR) is 139 cm³/mol. The first-order chi connectivity index (χ1) is 16.2. The Morgan fingerprint density at radius 3 is 2.41 bits per heavy atom. The maximum atomic E-state index is 13.4. The molecule has 0 spiro atoms. The number of amides is 1. The van der Waals surface area contributed by atoms with Gasteiger partial charge in [-0.05, 0) is 73.0 Å². The summed E-state index contributed by atoms with van der Waals surface area (Å²) in [7, 11) is 0. The largest absolute Gasteiger partial charge is 0.507 e. The van der Waals surface area contributed by atoms with Gasteiger partial charge in [0.05, 0.1) is 21.8 Å². The molecule has 4 aromatic rings. The van der Waals surface area contributed by atoms with Crippen molar-refractivity contribution in [1.82, 2.24) is 4.98 Å². The lowest BCUT2D eigenvalue weighted by Crippen LogP contribution is -2.29. The van der Waals surface area contributed by atoms with E-state index >= 15 is 0 Å². The highest BCUT2D eigenvalue weighted by atomic mass is 79.9. The van der Waals surface area contributed by atoms with Crippen LogP contribution in [0.2, 0.25) is 5.02 Å². The molecule has 5 nitrogen and oxygen atoms in total. The monoisotopic (exact) mass is 552 g/mol. The van der Waals surface area contributed by atoms with E-state index < -0.39 is 17.7 Å². The van der Waals surface area contributed by atoms with E-state index in [-0.39, 0.29) is 11.3 Å². The van der Waals surface area contributed by atoms with Crippen molar-refractivity contribution in [3.8, 4) is 0 Å². The third kappa shape index (κ3) is 3.83. The molecule has 1 saturated heterocycles. The Morgan fingerprint density at radius 1 is 1.06 bits per heavy atom. The molecule has 1 fully saturated rings. The summed E-state index contributed by atoms with van der Waals surface area (Å²) < 4.78 is 1.79. The highest BCUT2D eigenvalue weighted by Gasteiger charge is 2.48. The van der Waals surface area contributed by atoms with Crippen LogP contribution in [-0.4, -0.2) is 21.8 Å². The third-order valence-corrected chi connectivity index (χ3v) is 7.55. The molecule has 0 bridgehead atoms. The number of aliphatic hydroxyl groups excluding tert-OH is 1. The molecule has 0 unspecified atom stereocenters. The lowest BCUT2D eigenvalue weighted by molar-refractivity contribution is -0.132. The van der Waals surface area contributed by atoms with Gasteiger partial charge in [0.2, 0.25) is 0 Å². The molecule has 1 N–H and O–H groups in total. The molecule has 8 heteroatoms. The standard InChI is InChI=1S/C26H18BrClN2O3S/c1-13-11-14(2)21-19(12-13)34-26(29-21)30-22(15-3-7-17(27)8-4-15)20(24(32)25(30)33)23(31)16-5-9-18(28)10-6-16/h3-12,22,31H,1-2H3/b23-20+/t22-/m1/s1. The van der Waals surface area contributed by atoms with E-state index in [0.29, 0.717) is 21.3 Å². The van der Waals surface area contributed by atoms with Gasteiger partial charge in [-0.15, -0.1) is 0 Å². The van der Waals surface area contributed by atoms with Gasteiger partial charge >= 0.3 is 5.91 Å². The fourth-order valence-corrected chi connectivity index (χ4v) is 5.77. The molecule has 0 aliphatic carbocycles. The Kier molecular flexibility index (Phi) is 5.80. The zero-order chi connectivity index (χ0) is 24.1. The summed E-state index contributed by atoms with van der Waals surface area (Å²) in [6, 6.07) is 17.0. The molecule has 170 valence electrons. The Labute approximate surface area is 213 Å². The van der Waals surface area contributed by atoms with E-state index in [1.165, 1.54) is 16.2 Å². The SMILES string of the molecule is Cc1cc(C)c2nc(N3C(=O)C(=O)/C(=C(/O)c4ccc(Cl)cc4)[C@H]3c3ccc(Br)cc3)sc2c1. The van der Waals surface area contributed by atoms with Crippen molar-refractivity contribution in [1.29, 1.82) is 0 Å². The van der Waals surface area contributed by atoms with Crippen LogP contribution in [0.5, 0.6) is 0 Å². The molecule has 1 aliphatic rings. The Balaban J connectivity index is 1.74. The maximum Gasteiger partial charge on any atom is 0.301 e.